The van der Waals surface area contributed by atoms with Gasteiger partial charge in [0.15, 0.2) is 0 Å². The van der Waals surface area contributed by atoms with Gasteiger partial charge in [-0.05, 0) is 25.3 Å². The summed E-state index contributed by atoms with van der Waals surface area (Å²) in [5.41, 5.74) is 0. The lowest BCUT2D eigenvalue weighted by molar-refractivity contribution is -0.138. The Morgan fingerprint density at radius 1 is 1.59 bits per heavy atom. The lowest BCUT2D eigenvalue weighted by atomic mass is 10.3. The van der Waals surface area contributed by atoms with E-state index in [2.05, 4.69) is 5.32 Å². The minimum absolute atomic E-state index is 0.351. The van der Waals surface area contributed by atoms with Gasteiger partial charge < -0.3 is 15.3 Å². The van der Waals surface area contributed by atoms with Crippen molar-refractivity contribution in [1.29, 1.82) is 0 Å². The van der Waals surface area contributed by atoms with E-state index in [0.29, 0.717) is 13.1 Å². The smallest absolute Gasteiger partial charge is 0.325 e. The SMILES string of the molecule is CCN(Cc1cccs1)C(=O)NC(C)C(=O)O. The zero-order chi connectivity index (χ0) is 12.8. The van der Waals surface area contributed by atoms with Gasteiger partial charge in [-0.25, -0.2) is 4.79 Å². The molecule has 2 N–H and O–H groups in total. The molecule has 94 valence electrons. The van der Waals surface area contributed by atoms with Crippen LogP contribution in [0, 0.1) is 0 Å². The first-order valence-electron chi connectivity index (χ1n) is 5.35. The molecule has 0 radical (unpaired) electrons. The number of urea groups is 1. The van der Waals surface area contributed by atoms with Crippen LogP contribution in [0.1, 0.15) is 18.7 Å². The second-order valence-electron chi connectivity index (χ2n) is 3.60. The summed E-state index contributed by atoms with van der Waals surface area (Å²) in [5, 5.41) is 13.1. The van der Waals surface area contributed by atoms with Crippen molar-refractivity contribution in [2.24, 2.45) is 0 Å². The molecule has 1 rings (SSSR count). The fraction of sp³-hybridized carbons (Fsp3) is 0.455. The highest BCUT2D eigenvalue weighted by molar-refractivity contribution is 7.09. The molecule has 0 aliphatic rings. The maximum atomic E-state index is 11.8. The molecule has 0 aliphatic heterocycles. The van der Waals surface area contributed by atoms with E-state index in [-0.39, 0.29) is 6.03 Å². The molecular weight excluding hydrogens is 240 g/mol. The average Bonchev–Trinajstić information content (AvgIpc) is 2.78. The van der Waals surface area contributed by atoms with Crippen LogP contribution in [-0.2, 0) is 11.3 Å². The van der Waals surface area contributed by atoms with Gasteiger partial charge in [-0.3, -0.25) is 4.79 Å². The Bertz CT molecular complexity index is 378. The highest BCUT2D eigenvalue weighted by Crippen LogP contribution is 2.11. The standard InChI is InChI=1S/C11H16N2O3S/c1-3-13(7-9-5-4-6-17-9)11(16)12-8(2)10(14)15/h4-6,8H,3,7H2,1-2H3,(H,12,16)(H,14,15). The predicted octanol–water partition coefficient (Wildman–Crippen LogP) is 1.75. The third kappa shape index (κ3) is 4.07. The number of thiophene rings is 1. The molecule has 17 heavy (non-hydrogen) atoms. The topological polar surface area (TPSA) is 69.6 Å². The Kier molecular flexibility index (Phi) is 4.96. The van der Waals surface area contributed by atoms with Gasteiger partial charge in [0.05, 0.1) is 6.54 Å². The van der Waals surface area contributed by atoms with Crippen molar-refractivity contribution < 1.29 is 14.7 Å². The lowest BCUT2D eigenvalue weighted by Gasteiger charge is -2.22. The third-order valence-corrected chi connectivity index (χ3v) is 3.17. The molecule has 5 nitrogen and oxygen atoms in total. The normalized spacial score (nSPS) is 11.9. The number of carbonyl (C=O) groups is 2. The Hall–Kier alpha value is -1.56. The lowest BCUT2D eigenvalue weighted by Crippen LogP contribution is -2.46. The van der Waals surface area contributed by atoms with E-state index in [0.717, 1.165) is 4.88 Å². The summed E-state index contributed by atoms with van der Waals surface area (Å²) in [6.07, 6.45) is 0. The second-order valence-corrected chi connectivity index (χ2v) is 4.64. The minimum Gasteiger partial charge on any atom is -0.480 e. The number of hydrogen-bond acceptors (Lipinski definition) is 3. The van der Waals surface area contributed by atoms with Crippen molar-refractivity contribution in [3.8, 4) is 0 Å². The van der Waals surface area contributed by atoms with Gasteiger partial charge >= 0.3 is 12.0 Å². The first-order valence-corrected chi connectivity index (χ1v) is 6.23. The Labute approximate surface area is 104 Å². The number of carbonyl (C=O) groups excluding carboxylic acids is 1. The molecule has 0 aromatic carbocycles. The van der Waals surface area contributed by atoms with Gasteiger partial charge in [-0.15, -0.1) is 11.3 Å². The summed E-state index contributed by atoms with van der Waals surface area (Å²) in [7, 11) is 0. The first kappa shape index (κ1) is 13.5. The van der Waals surface area contributed by atoms with Crippen LogP contribution in [0.5, 0.6) is 0 Å². The highest BCUT2D eigenvalue weighted by atomic mass is 32.1. The van der Waals surface area contributed by atoms with Crippen LogP contribution in [0.25, 0.3) is 0 Å². The number of nitrogens with zero attached hydrogens (tertiary/aromatic N) is 1. The van der Waals surface area contributed by atoms with E-state index in [1.165, 1.54) is 6.92 Å². The number of hydrogen-bond donors (Lipinski definition) is 2. The molecule has 1 unspecified atom stereocenters. The molecule has 6 heteroatoms. The average molecular weight is 256 g/mol. The molecule has 0 bridgehead atoms. The number of rotatable bonds is 5. The Balaban J connectivity index is 2.55. The number of aliphatic carboxylic acids is 1. The fourth-order valence-corrected chi connectivity index (χ4v) is 1.98. The van der Waals surface area contributed by atoms with Crippen LogP contribution in [0.3, 0.4) is 0 Å². The van der Waals surface area contributed by atoms with Crippen molar-refractivity contribution in [3.05, 3.63) is 22.4 Å². The minimum atomic E-state index is -1.04. The molecule has 1 aromatic heterocycles. The van der Waals surface area contributed by atoms with Gasteiger partial charge in [0.25, 0.3) is 0 Å². The van der Waals surface area contributed by atoms with E-state index in [1.807, 2.05) is 24.4 Å². The highest BCUT2D eigenvalue weighted by Gasteiger charge is 2.18. The molecule has 0 saturated carbocycles. The maximum absolute atomic E-state index is 11.8. The van der Waals surface area contributed by atoms with Crippen molar-refractivity contribution in [2.45, 2.75) is 26.4 Å². The summed E-state index contributed by atoms with van der Waals surface area (Å²) < 4.78 is 0. The van der Waals surface area contributed by atoms with Crippen molar-refractivity contribution in [1.82, 2.24) is 10.2 Å². The van der Waals surface area contributed by atoms with E-state index in [1.54, 1.807) is 16.2 Å². The number of amides is 2. The molecule has 0 fully saturated rings. The zero-order valence-electron chi connectivity index (χ0n) is 9.84. The monoisotopic (exact) mass is 256 g/mol. The zero-order valence-corrected chi connectivity index (χ0v) is 10.7. The maximum Gasteiger partial charge on any atom is 0.325 e. The molecule has 0 aliphatic carbocycles. The molecular formula is C11H16N2O3S. The predicted molar refractivity (Wildman–Crippen MR) is 66.0 cm³/mol. The van der Waals surface area contributed by atoms with E-state index in [9.17, 15) is 9.59 Å². The quantitative estimate of drug-likeness (QED) is 0.843. The van der Waals surface area contributed by atoms with Crippen molar-refractivity contribution in [3.63, 3.8) is 0 Å². The molecule has 1 aromatic rings. The molecule has 0 saturated heterocycles. The van der Waals surface area contributed by atoms with Crippen molar-refractivity contribution in [2.75, 3.05) is 6.54 Å². The summed E-state index contributed by atoms with van der Waals surface area (Å²) in [6, 6.07) is 2.64. The van der Waals surface area contributed by atoms with Gasteiger partial charge in [0, 0.05) is 11.4 Å². The second kappa shape index (κ2) is 6.24. The van der Waals surface area contributed by atoms with Gasteiger partial charge in [-0.1, -0.05) is 6.07 Å². The number of nitrogens with one attached hydrogen (secondary N) is 1. The summed E-state index contributed by atoms with van der Waals surface area (Å²) in [6.45, 7) is 4.35. The molecule has 0 spiro atoms. The van der Waals surface area contributed by atoms with E-state index >= 15 is 0 Å². The van der Waals surface area contributed by atoms with E-state index < -0.39 is 12.0 Å². The van der Waals surface area contributed by atoms with Crippen LogP contribution in [0.4, 0.5) is 4.79 Å². The fourth-order valence-electron chi connectivity index (χ4n) is 1.26. The summed E-state index contributed by atoms with van der Waals surface area (Å²) in [5.74, 6) is -1.04. The Morgan fingerprint density at radius 3 is 2.76 bits per heavy atom. The van der Waals surface area contributed by atoms with Gasteiger partial charge in [0.1, 0.15) is 6.04 Å². The number of carboxylic acids is 1. The first-order chi connectivity index (χ1) is 8.04. The largest absolute Gasteiger partial charge is 0.480 e. The van der Waals surface area contributed by atoms with Crippen LogP contribution in [-0.4, -0.2) is 34.6 Å². The summed E-state index contributed by atoms with van der Waals surface area (Å²) in [4.78, 5) is 25.1. The third-order valence-electron chi connectivity index (χ3n) is 2.31. The Morgan fingerprint density at radius 2 is 2.29 bits per heavy atom. The molecule has 1 atom stereocenters. The van der Waals surface area contributed by atoms with Crippen LogP contribution >= 0.6 is 11.3 Å². The summed E-state index contributed by atoms with van der Waals surface area (Å²) >= 11 is 1.57. The number of carboxylic acid groups (broad SMARTS) is 1. The van der Waals surface area contributed by atoms with Crippen LogP contribution < -0.4 is 5.32 Å². The van der Waals surface area contributed by atoms with Gasteiger partial charge in [-0.2, -0.15) is 0 Å². The van der Waals surface area contributed by atoms with E-state index in [4.69, 9.17) is 5.11 Å². The molecule has 2 amide bonds. The van der Waals surface area contributed by atoms with Crippen LogP contribution in [0.15, 0.2) is 17.5 Å². The molecule has 1 heterocycles. The van der Waals surface area contributed by atoms with Crippen molar-refractivity contribution >= 4 is 23.3 Å². The van der Waals surface area contributed by atoms with Crippen LogP contribution in [0.2, 0.25) is 0 Å². The van der Waals surface area contributed by atoms with Gasteiger partial charge in [0.2, 0.25) is 0 Å².